The molecule has 0 spiro atoms. The Kier molecular flexibility index (Phi) is 3.88. The number of nitrogens with one attached hydrogen (secondary N) is 3. The Balaban J connectivity index is 2.36. The fourth-order valence-electron chi connectivity index (χ4n) is 1.53. The Hall–Kier alpha value is -2.26. The highest BCUT2D eigenvalue weighted by atomic mass is 32.1. The van der Waals surface area contributed by atoms with E-state index in [9.17, 15) is 0 Å². The van der Waals surface area contributed by atoms with E-state index in [-0.39, 0.29) is 10.2 Å². The first-order chi connectivity index (χ1) is 9.08. The minimum Gasteiger partial charge on any atom is -0.375 e. The summed E-state index contributed by atoms with van der Waals surface area (Å²) in [6, 6.07) is 7.58. The van der Waals surface area contributed by atoms with Gasteiger partial charge in [0, 0.05) is 11.3 Å². The van der Waals surface area contributed by atoms with E-state index in [2.05, 4.69) is 26.4 Å². The molecule has 0 saturated heterocycles. The van der Waals surface area contributed by atoms with Crippen LogP contribution in [-0.2, 0) is 0 Å². The smallest absolute Gasteiger partial charge is 0.184 e. The first-order valence-electron chi connectivity index (χ1n) is 5.21. The lowest BCUT2D eigenvalue weighted by molar-refractivity contribution is 1.02. The van der Waals surface area contributed by atoms with Crippen LogP contribution < -0.4 is 27.6 Å². The van der Waals surface area contributed by atoms with E-state index in [1.807, 2.05) is 24.3 Å². The quantitative estimate of drug-likeness (QED) is 0.379. The second-order valence-corrected chi connectivity index (χ2v) is 4.42. The Morgan fingerprint density at radius 3 is 2.37 bits per heavy atom. The van der Waals surface area contributed by atoms with Crippen molar-refractivity contribution in [2.45, 2.75) is 0 Å². The van der Waals surface area contributed by atoms with Gasteiger partial charge in [0.05, 0.1) is 0 Å². The number of nitrogens with two attached hydrogens (primary N) is 2. The van der Waals surface area contributed by atoms with E-state index in [0.717, 1.165) is 11.3 Å². The third-order valence-electron chi connectivity index (χ3n) is 2.22. The van der Waals surface area contributed by atoms with E-state index in [4.69, 9.17) is 35.9 Å². The molecular weight excluding hydrogens is 282 g/mol. The van der Waals surface area contributed by atoms with Crippen molar-refractivity contribution in [2.24, 2.45) is 21.7 Å². The van der Waals surface area contributed by atoms with Crippen molar-refractivity contribution in [3.8, 4) is 0 Å². The van der Waals surface area contributed by atoms with Crippen LogP contribution in [0, 0.1) is 0 Å². The van der Waals surface area contributed by atoms with Crippen LogP contribution in [-0.4, -0.2) is 21.8 Å². The molecule has 0 bridgehead atoms. The average molecular weight is 293 g/mol. The summed E-state index contributed by atoms with van der Waals surface area (Å²) in [7, 11) is 0. The zero-order valence-corrected chi connectivity index (χ0v) is 11.3. The number of amidine groups is 1. The molecule has 0 fully saturated rings. The number of benzene rings is 1. The summed E-state index contributed by atoms with van der Waals surface area (Å²) in [5, 5.41) is 11.3. The van der Waals surface area contributed by atoms with Crippen molar-refractivity contribution >= 4 is 51.9 Å². The van der Waals surface area contributed by atoms with Crippen molar-refractivity contribution in [1.82, 2.24) is 10.9 Å². The van der Waals surface area contributed by atoms with E-state index >= 15 is 0 Å². The van der Waals surface area contributed by atoms with Gasteiger partial charge in [-0.2, -0.15) is 10.2 Å². The Bertz CT molecular complexity index is 593. The van der Waals surface area contributed by atoms with Gasteiger partial charge >= 0.3 is 0 Å². The third kappa shape index (κ3) is 3.14. The predicted octanol–water partition coefficient (Wildman–Crippen LogP) is -0.204. The molecule has 0 radical (unpaired) electrons. The first kappa shape index (κ1) is 13.2. The van der Waals surface area contributed by atoms with Gasteiger partial charge in [-0.1, -0.05) is 18.2 Å². The lowest BCUT2D eigenvalue weighted by Gasteiger charge is -2.02. The largest absolute Gasteiger partial charge is 0.375 e. The number of hydrazone groups is 2. The van der Waals surface area contributed by atoms with Crippen LogP contribution >= 0.6 is 24.4 Å². The van der Waals surface area contributed by atoms with Gasteiger partial charge in [-0.25, -0.2) is 0 Å². The third-order valence-corrected chi connectivity index (χ3v) is 2.40. The predicted molar refractivity (Wildman–Crippen MR) is 83.9 cm³/mol. The van der Waals surface area contributed by atoms with Crippen molar-refractivity contribution in [3.63, 3.8) is 0 Å². The summed E-state index contributed by atoms with van der Waals surface area (Å²) in [4.78, 5) is 0. The molecule has 1 heterocycles. The minimum absolute atomic E-state index is 0.0620. The molecule has 19 heavy (non-hydrogen) atoms. The summed E-state index contributed by atoms with van der Waals surface area (Å²) in [6.45, 7) is 0. The molecule has 0 aliphatic carbocycles. The van der Waals surface area contributed by atoms with Crippen molar-refractivity contribution in [2.75, 3.05) is 5.32 Å². The number of thiocarbonyl (C=S) groups is 2. The molecule has 0 saturated carbocycles. The number of nitrogens with zero attached hydrogens (tertiary/aromatic N) is 2. The maximum atomic E-state index is 5.35. The van der Waals surface area contributed by atoms with Gasteiger partial charge in [-0.15, -0.1) is 0 Å². The monoisotopic (exact) mass is 293 g/mol. The van der Waals surface area contributed by atoms with Crippen molar-refractivity contribution in [1.29, 1.82) is 0 Å². The minimum atomic E-state index is 0.0620. The topological polar surface area (TPSA) is 113 Å². The maximum Gasteiger partial charge on any atom is 0.184 e. The van der Waals surface area contributed by atoms with Gasteiger partial charge < -0.3 is 16.8 Å². The lowest BCUT2D eigenvalue weighted by Crippen LogP contribution is -2.31. The van der Waals surface area contributed by atoms with Gasteiger partial charge in [0.25, 0.3) is 0 Å². The van der Waals surface area contributed by atoms with Gasteiger partial charge in [-0.3, -0.25) is 10.9 Å². The average Bonchev–Trinajstić information content (AvgIpc) is 2.71. The Morgan fingerprint density at radius 1 is 1.05 bits per heavy atom. The summed E-state index contributed by atoms with van der Waals surface area (Å²) in [5.74, 6) is 0.470. The highest BCUT2D eigenvalue weighted by Crippen LogP contribution is 2.22. The fraction of sp³-hybridized carbons (Fsp3) is 0. The summed E-state index contributed by atoms with van der Waals surface area (Å²) >= 11 is 9.41. The van der Waals surface area contributed by atoms with Crippen LogP contribution in [0.2, 0.25) is 0 Å². The molecule has 0 atom stereocenters. The van der Waals surface area contributed by atoms with Crippen LogP contribution in [0.25, 0.3) is 0 Å². The van der Waals surface area contributed by atoms with E-state index < -0.39 is 0 Å². The van der Waals surface area contributed by atoms with Crippen LogP contribution in [0.1, 0.15) is 5.56 Å². The summed E-state index contributed by atoms with van der Waals surface area (Å²) < 4.78 is 0. The second kappa shape index (κ2) is 5.59. The molecule has 7 nitrogen and oxygen atoms in total. The molecule has 9 heteroatoms. The molecule has 7 N–H and O–H groups in total. The number of fused-ring (bicyclic) bond motifs is 1. The van der Waals surface area contributed by atoms with Gasteiger partial charge in [0.15, 0.2) is 16.1 Å². The molecule has 0 amide bonds. The number of anilines is 1. The molecule has 1 aliphatic heterocycles. The van der Waals surface area contributed by atoms with Gasteiger partial charge in [-0.05, 0) is 30.5 Å². The zero-order valence-electron chi connectivity index (χ0n) is 9.68. The van der Waals surface area contributed by atoms with E-state index in [1.54, 1.807) is 0 Å². The van der Waals surface area contributed by atoms with Crippen LogP contribution in [0.5, 0.6) is 0 Å². The number of hydrogen-bond acceptors (Lipinski definition) is 4. The van der Waals surface area contributed by atoms with Crippen molar-refractivity contribution in [3.05, 3.63) is 29.8 Å². The molecule has 0 aromatic heterocycles. The molecule has 2 rings (SSSR count). The SMILES string of the molecule is NC(=S)NN=C1Nc2ccccc2C1=NNC(N)=S. The maximum absolute atomic E-state index is 5.35. The van der Waals surface area contributed by atoms with Gasteiger partial charge in [0.1, 0.15) is 5.71 Å². The summed E-state index contributed by atoms with van der Waals surface area (Å²) in [6.07, 6.45) is 0. The molecule has 1 aliphatic rings. The molecule has 1 aromatic rings. The van der Waals surface area contributed by atoms with Gasteiger partial charge in [0.2, 0.25) is 0 Å². The Morgan fingerprint density at radius 2 is 1.68 bits per heavy atom. The van der Waals surface area contributed by atoms with Crippen LogP contribution in [0.15, 0.2) is 34.5 Å². The normalized spacial score (nSPS) is 16.8. The highest BCUT2D eigenvalue weighted by molar-refractivity contribution is 7.80. The lowest BCUT2D eigenvalue weighted by atomic mass is 10.1. The van der Waals surface area contributed by atoms with Crippen molar-refractivity contribution < 1.29 is 0 Å². The molecular formula is C10H11N7S2. The molecule has 0 unspecified atom stereocenters. The fourth-order valence-corrected chi connectivity index (χ4v) is 1.62. The van der Waals surface area contributed by atoms with Crippen LogP contribution in [0.4, 0.5) is 5.69 Å². The summed E-state index contributed by atoms with van der Waals surface area (Å²) in [5.41, 5.74) is 18.0. The zero-order chi connectivity index (χ0) is 13.8. The molecule has 1 aromatic carbocycles. The number of para-hydroxylation sites is 1. The second-order valence-electron chi connectivity index (χ2n) is 3.54. The standard InChI is InChI=1S/C10H11N7S2/c11-9(18)16-14-7-5-3-1-2-4-6(5)13-8(7)15-17-10(12)19/h1-4H,(H3,11,16,18)(H3,12,17,19)(H,13,14,15). The number of hydrogen-bond donors (Lipinski definition) is 5. The first-order valence-corrected chi connectivity index (χ1v) is 6.02. The van der Waals surface area contributed by atoms with E-state index in [0.29, 0.717) is 11.5 Å². The highest BCUT2D eigenvalue weighted by Gasteiger charge is 2.24. The molecule has 98 valence electrons. The van der Waals surface area contributed by atoms with Crippen LogP contribution in [0.3, 0.4) is 0 Å². The van der Waals surface area contributed by atoms with E-state index in [1.165, 1.54) is 0 Å². The number of rotatable bonds is 2. The Labute approximate surface area is 120 Å².